The van der Waals surface area contributed by atoms with Crippen molar-refractivity contribution in [3.05, 3.63) is 52.4 Å². The average Bonchev–Trinajstić information content (AvgIpc) is 3.00. The number of aromatic amines is 1. The summed E-state index contributed by atoms with van der Waals surface area (Å²) in [6.45, 7) is 11.2. The molecule has 1 atom stereocenters. The number of benzene rings is 1. The highest BCUT2D eigenvalue weighted by Gasteiger charge is 2.20. The molecule has 0 amide bonds. The molecule has 1 aromatic carbocycles. The first-order chi connectivity index (χ1) is 12.3. The van der Waals surface area contributed by atoms with E-state index in [4.69, 9.17) is 0 Å². The molecule has 6 nitrogen and oxygen atoms in total. The van der Waals surface area contributed by atoms with Gasteiger partial charge in [0, 0.05) is 12.5 Å². The molecule has 0 fully saturated rings. The smallest absolute Gasteiger partial charge is 0.263 e. The molecule has 2 N–H and O–H groups in total. The first-order valence-corrected chi connectivity index (χ1v) is 9.04. The van der Waals surface area contributed by atoms with Gasteiger partial charge in [0.1, 0.15) is 5.39 Å². The number of hydrogen-bond donors (Lipinski definition) is 2. The molecule has 138 valence electrons. The second-order valence-electron chi connectivity index (χ2n) is 8.02. The van der Waals surface area contributed by atoms with Gasteiger partial charge in [-0.1, -0.05) is 44.2 Å². The Morgan fingerprint density at radius 3 is 2.50 bits per heavy atom. The Labute approximate surface area is 153 Å². The number of rotatable bonds is 5. The Kier molecular flexibility index (Phi) is 4.85. The van der Waals surface area contributed by atoms with Crippen molar-refractivity contribution in [1.82, 2.24) is 19.7 Å². The number of H-pyrrole nitrogens is 1. The lowest BCUT2D eigenvalue weighted by Crippen LogP contribution is -2.25. The van der Waals surface area contributed by atoms with Crippen molar-refractivity contribution in [2.24, 2.45) is 5.92 Å². The molecule has 2 heterocycles. The van der Waals surface area contributed by atoms with Crippen molar-refractivity contribution >= 4 is 17.0 Å². The zero-order valence-corrected chi connectivity index (χ0v) is 16.1. The molecule has 2 aromatic heterocycles. The number of anilines is 1. The average molecular weight is 353 g/mol. The van der Waals surface area contributed by atoms with E-state index < -0.39 is 0 Å². The van der Waals surface area contributed by atoms with Gasteiger partial charge in [-0.2, -0.15) is 10.1 Å². The summed E-state index contributed by atoms with van der Waals surface area (Å²) >= 11 is 0. The third-order valence-electron chi connectivity index (χ3n) is 4.60. The molecule has 0 spiro atoms. The van der Waals surface area contributed by atoms with Crippen LogP contribution >= 0.6 is 0 Å². The molecular formula is C20H27N5O. The normalized spacial score (nSPS) is 13.3. The Bertz CT molecular complexity index is 934. The molecule has 0 aliphatic heterocycles. The summed E-state index contributed by atoms with van der Waals surface area (Å²) in [6.07, 6.45) is 1.58. The van der Waals surface area contributed by atoms with E-state index in [1.165, 1.54) is 5.56 Å². The van der Waals surface area contributed by atoms with Crippen LogP contribution in [0, 0.1) is 5.92 Å². The summed E-state index contributed by atoms with van der Waals surface area (Å²) in [5.41, 5.74) is 1.46. The van der Waals surface area contributed by atoms with Crippen molar-refractivity contribution in [1.29, 1.82) is 0 Å². The van der Waals surface area contributed by atoms with Crippen molar-refractivity contribution in [2.45, 2.75) is 46.1 Å². The molecule has 0 bridgehead atoms. The predicted molar refractivity (Wildman–Crippen MR) is 106 cm³/mol. The van der Waals surface area contributed by atoms with Crippen molar-refractivity contribution in [3.63, 3.8) is 0 Å². The summed E-state index contributed by atoms with van der Waals surface area (Å²) in [5.74, 6) is 1.26. The fourth-order valence-corrected chi connectivity index (χ4v) is 3.14. The lowest BCUT2D eigenvalue weighted by atomic mass is 9.88. The zero-order valence-electron chi connectivity index (χ0n) is 16.1. The van der Waals surface area contributed by atoms with Gasteiger partial charge in [-0.15, -0.1) is 0 Å². The first kappa shape index (κ1) is 18.2. The SMILES string of the molecule is CC(C)C(CNc1nc2c(cnn2C(C)(C)C)c(=O)[nH]1)c1ccccc1. The Hall–Kier alpha value is -2.63. The quantitative estimate of drug-likeness (QED) is 0.733. The molecule has 0 radical (unpaired) electrons. The minimum absolute atomic E-state index is 0.172. The fraction of sp³-hybridized carbons (Fsp3) is 0.450. The minimum Gasteiger partial charge on any atom is -0.355 e. The van der Waals surface area contributed by atoms with Crippen LogP contribution in [0.3, 0.4) is 0 Å². The first-order valence-electron chi connectivity index (χ1n) is 9.04. The van der Waals surface area contributed by atoms with E-state index in [0.29, 0.717) is 35.4 Å². The van der Waals surface area contributed by atoms with E-state index in [0.717, 1.165) is 0 Å². The number of nitrogens with one attached hydrogen (secondary N) is 2. The molecule has 0 aliphatic rings. The molecule has 26 heavy (non-hydrogen) atoms. The van der Waals surface area contributed by atoms with Crippen LogP contribution < -0.4 is 10.9 Å². The van der Waals surface area contributed by atoms with Crippen LogP contribution in [-0.2, 0) is 5.54 Å². The highest BCUT2D eigenvalue weighted by Crippen LogP contribution is 2.24. The standard InChI is InChI=1S/C20H27N5O/c1-13(2)15(14-9-7-6-8-10-14)11-21-19-23-17-16(18(26)24-19)12-22-25(17)20(3,4)5/h6-10,12-13,15H,11H2,1-5H3,(H2,21,23,24,26). The van der Waals surface area contributed by atoms with E-state index in [1.54, 1.807) is 10.9 Å². The fourth-order valence-electron chi connectivity index (χ4n) is 3.14. The van der Waals surface area contributed by atoms with Gasteiger partial charge >= 0.3 is 0 Å². The highest BCUT2D eigenvalue weighted by atomic mass is 16.1. The molecule has 0 saturated heterocycles. The summed E-state index contributed by atoms with van der Waals surface area (Å²) in [6, 6.07) is 10.4. The van der Waals surface area contributed by atoms with E-state index in [-0.39, 0.29) is 11.1 Å². The monoisotopic (exact) mass is 353 g/mol. The highest BCUT2D eigenvalue weighted by molar-refractivity contribution is 5.74. The van der Waals surface area contributed by atoms with Gasteiger partial charge in [-0.05, 0) is 32.3 Å². The van der Waals surface area contributed by atoms with E-state index in [2.05, 4.69) is 58.5 Å². The van der Waals surface area contributed by atoms with E-state index in [1.807, 2.05) is 26.8 Å². The van der Waals surface area contributed by atoms with Gasteiger partial charge in [0.2, 0.25) is 5.95 Å². The summed E-state index contributed by atoms with van der Waals surface area (Å²) in [7, 11) is 0. The van der Waals surface area contributed by atoms with Crippen molar-refractivity contribution < 1.29 is 0 Å². The van der Waals surface area contributed by atoms with Crippen LogP contribution in [-0.4, -0.2) is 26.3 Å². The number of nitrogens with zero attached hydrogens (tertiary/aromatic N) is 3. The van der Waals surface area contributed by atoms with Crippen LogP contribution in [0.4, 0.5) is 5.95 Å². The second-order valence-corrected chi connectivity index (χ2v) is 8.02. The zero-order chi connectivity index (χ0) is 18.9. The maximum Gasteiger partial charge on any atom is 0.263 e. The van der Waals surface area contributed by atoms with Crippen LogP contribution in [0.1, 0.15) is 46.1 Å². The van der Waals surface area contributed by atoms with Crippen LogP contribution in [0.5, 0.6) is 0 Å². The molecule has 0 aliphatic carbocycles. The third kappa shape index (κ3) is 3.64. The maximum absolute atomic E-state index is 12.4. The van der Waals surface area contributed by atoms with Gasteiger partial charge in [-0.3, -0.25) is 9.78 Å². The van der Waals surface area contributed by atoms with Crippen LogP contribution in [0.2, 0.25) is 0 Å². The Morgan fingerprint density at radius 1 is 1.19 bits per heavy atom. The van der Waals surface area contributed by atoms with E-state index >= 15 is 0 Å². The van der Waals surface area contributed by atoms with Gasteiger partial charge in [0.25, 0.3) is 5.56 Å². The van der Waals surface area contributed by atoms with Crippen LogP contribution in [0.15, 0.2) is 41.3 Å². The van der Waals surface area contributed by atoms with Crippen molar-refractivity contribution in [2.75, 3.05) is 11.9 Å². The molecular weight excluding hydrogens is 326 g/mol. The van der Waals surface area contributed by atoms with Crippen LogP contribution in [0.25, 0.3) is 11.0 Å². The molecule has 3 aromatic rings. The lowest BCUT2D eigenvalue weighted by Gasteiger charge is -2.22. The van der Waals surface area contributed by atoms with Gasteiger partial charge in [0.15, 0.2) is 5.65 Å². The lowest BCUT2D eigenvalue weighted by molar-refractivity contribution is 0.366. The molecule has 0 saturated carbocycles. The number of hydrogen-bond acceptors (Lipinski definition) is 4. The number of aromatic nitrogens is 4. The second kappa shape index (κ2) is 6.94. The third-order valence-corrected chi connectivity index (χ3v) is 4.60. The minimum atomic E-state index is -0.246. The Balaban J connectivity index is 1.90. The summed E-state index contributed by atoms with van der Waals surface area (Å²) in [4.78, 5) is 19.9. The maximum atomic E-state index is 12.4. The van der Waals surface area contributed by atoms with E-state index in [9.17, 15) is 4.79 Å². The summed E-state index contributed by atoms with van der Waals surface area (Å²) < 4.78 is 1.79. The molecule has 6 heteroatoms. The topological polar surface area (TPSA) is 75.6 Å². The van der Waals surface area contributed by atoms with Gasteiger partial charge < -0.3 is 5.32 Å². The van der Waals surface area contributed by atoms with Gasteiger partial charge in [0.05, 0.1) is 11.7 Å². The molecule has 1 unspecified atom stereocenters. The summed E-state index contributed by atoms with van der Waals surface area (Å²) in [5, 5.41) is 8.17. The van der Waals surface area contributed by atoms with Crippen molar-refractivity contribution in [3.8, 4) is 0 Å². The van der Waals surface area contributed by atoms with Gasteiger partial charge in [-0.25, -0.2) is 4.68 Å². The molecule has 3 rings (SSSR count). The number of fused-ring (bicyclic) bond motifs is 1. The Morgan fingerprint density at radius 2 is 1.88 bits per heavy atom. The largest absolute Gasteiger partial charge is 0.355 e. The predicted octanol–water partition coefficient (Wildman–Crippen LogP) is 3.73.